The minimum atomic E-state index is -0.851. The van der Waals surface area contributed by atoms with Crippen LogP contribution in [0, 0.1) is 11.6 Å². The van der Waals surface area contributed by atoms with Crippen LogP contribution in [0.4, 0.5) is 8.78 Å². The van der Waals surface area contributed by atoms with E-state index in [0.29, 0.717) is 12.5 Å². The van der Waals surface area contributed by atoms with Crippen LogP contribution in [0.5, 0.6) is 0 Å². The normalized spacial score (nSPS) is 12.5. The highest BCUT2D eigenvalue weighted by Gasteiger charge is 2.20. The molecule has 0 N–H and O–H groups in total. The second kappa shape index (κ2) is 4.98. The average molecular weight is 214 g/mol. The summed E-state index contributed by atoms with van der Waals surface area (Å²) < 4.78 is 30.7. The van der Waals surface area contributed by atoms with Gasteiger partial charge in [-0.15, -0.1) is 0 Å². The number of Topliss-reactive ketones (excluding diaryl/α,β-unsaturated/α-hetero) is 1. The quantitative estimate of drug-likeness (QED) is 0.720. The van der Waals surface area contributed by atoms with Crippen molar-refractivity contribution in [3.63, 3.8) is 0 Å². The van der Waals surface area contributed by atoms with Gasteiger partial charge in [-0.25, -0.2) is 8.78 Å². The molecule has 1 rings (SSSR count). The summed E-state index contributed by atoms with van der Waals surface area (Å²) in [4.78, 5) is 11.7. The van der Waals surface area contributed by atoms with Crippen molar-refractivity contribution >= 4 is 5.78 Å². The Labute approximate surface area is 86.9 Å². The molecule has 0 heterocycles. The zero-order valence-electron chi connectivity index (χ0n) is 8.59. The lowest BCUT2D eigenvalue weighted by atomic mass is 10.0. The molecule has 0 fully saturated rings. The summed E-state index contributed by atoms with van der Waals surface area (Å²) in [5.74, 6) is -2.01. The van der Waals surface area contributed by atoms with Crippen LogP contribution in [-0.4, -0.2) is 19.0 Å². The second-order valence-electron chi connectivity index (χ2n) is 3.12. The largest absolute Gasteiger partial charge is 0.373 e. The van der Waals surface area contributed by atoms with Crippen LogP contribution in [0.3, 0.4) is 0 Å². The first-order valence-corrected chi connectivity index (χ1v) is 4.62. The fourth-order valence-electron chi connectivity index (χ4n) is 1.32. The van der Waals surface area contributed by atoms with Crippen molar-refractivity contribution in [2.75, 3.05) is 7.11 Å². The first kappa shape index (κ1) is 11.8. The highest BCUT2D eigenvalue weighted by Crippen LogP contribution is 2.14. The van der Waals surface area contributed by atoms with Gasteiger partial charge in [-0.1, -0.05) is 6.92 Å². The number of carbonyl (C=O) groups is 1. The molecule has 1 aromatic carbocycles. The Kier molecular flexibility index (Phi) is 3.91. The van der Waals surface area contributed by atoms with E-state index in [2.05, 4.69) is 0 Å². The van der Waals surface area contributed by atoms with Crippen LogP contribution in [0.1, 0.15) is 23.7 Å². The molecule has 0 saturated carbocycles. The molecule has 0 aliphatic carbocycles. The molecule has 0 radical (unpaired) electrons. The number of ether oxygens (including phenoxy) is 1. The third kappa shape index (κ3) is 2.59. The zero-order valence-corrected chi connectivity index (χ0v) is 8.59. The summed E-state index contributed by atoms with van der Waals surface area (Å²) in [6, 6.07) is 2.88. The molecule has 1 unspecified atom stereocenters. The van der Waals surface area contributed by atoms with Crippen molar-refractivity contribution in [1.29, 1.82) is 0 Å². The van der Waals surface area contributed by atoms with E-state index in [1.165, 1.54) is 7.11 Å². The van der Waals surface area contributed by atoms with E-state index < -0.39 is 23.5 Å². The number of methoxy groups -OCH3 is 1. The van der Waals surface area contributed by atoms with Crippen molar-refractivity contribution in [1.82, 2.24) is 0 Å². The predicted molar refractivity (Wildman–Crippen MR) is 51.8 cm³/mol. The Hall–Kier alpha value is -1.29. The lowest BCUT2D eigenvalue weighted by molar-refractivity contribution is 0.0591. The molecule has 0 bridgehead atoms. The van der Waals surface area contributed by atoms with Crippen LogP contribution < -0.4 is 0 Å². The fourth-order valence-corrected chi connectivity index (χ4v) is 1.32. The molecule has 0 aliphatic heterocycles. The van der Waals surface area contributed by atoms with Gasteiger partial charge < -0.3 is 4.74 Å². The molecule has 0 aliphatic rings. The maximum absolute atomic E-state index is 13.2. The minimum Gasteiger partial charge on any atom is -0.373 e. The summed E-state index contributed by atoms with van der Waals surface area (Å²) in [6.45, 7) is 1.76. The van der Waals surface area contributed by atoms with E-state index in [-0.39, 0.29) is 5.56 Å². The van der Waals surface area contributed by atoms with Crippen LogP contribution in [-0.2, 0) is 4.74 Å². The van der Waals surface area contributed by atoms with Gasteiger partial charge in [0, 0.05) is 13.2 Å². The summed E-state index contributed by atoms with van der Waals surface area (Å²) >= 11 is 0. The molecule has 1 aromatic rings. The van der Waals surface area contributed by atoms with Crippen molar-refractivity contribution in [2.24, 2.45) is 0 Å². The van der Waals surface area contributed by atoms with E-state index >= 15 is 0 Å². The second-order valence-corrected chi connectivity index (χ2v) is 3.12. The fraction of sp³-hybridized carbons (Fsp3) is 0.364. The molecular formula is C11H12F2O2. The van der Waals surface area contributed by atoms with Crippen molar-refractivity contribution in [3.05, 3.63) is 35.4 Å². The third-order valence-corrected chi connectivity index (χ3v) is 2.14. The van der Waals surface area contributed by atoms with E-state index in [4.69, 9.17) is 4.74 Å². The predicted octanol–water partition coefficient (Wildman–Crippen LogP) is 2.57. The molecule has 2 nitrogen and oxygen atoms in total. The minimum absolute atomic E-state index is 0.134. The molecule has 1 atom stereocenters. The lowest BCUT2D eigenvalue weighted by Crippen LogP contribution is -2.23. The zero-order chi connectivity index (χ0) is 11.4. The van der Waals surface area contributed by atoms with Gasteiger partial charge in [0.15, 0.2) is 5.78 Å². The van der Waals surface area contributed by atoms with Gasteiger partial charge in [-0.05, 0) is 18.6 Å². The van der Waals surface area contributed by atoms with Gasteiger partial charge in [-0.3, -0.25) is 4.79 Å². The maximum Gasteiger partial charge on any atom is 0.194 e. The number of halogens is 2. The monoisotopic (exact) mass is 214 g/mol. The highest BCUT2D eigenvalue weighted by molar-refractivity contribution is 5.99. The number of hydrogen-bond donors (Lipinski definition) is 0. The van der Waals surface area contributed by atoms with E-state index in [0.717, 1.165) is 12.1 Å². The molecule has 0 aromatic heterocycles. The third-order valence-electron chi connectivity index (χ3n) is 2.14. The van der Waals surface area contributed by atoms with E-state index in [1.54, 1.807) is 6.92 Å². The van der Waals surface area contributed by atoms with Crippen LogP contribution >= 0.6 is 0 Å². The molecule has 15 heavy (non-hydrogen) atoms. The Bertz CT molecular complexity index is 360. The molecule has 0 amide bonds. The van der Waals surface area contributed by atoms with Gasteiger partial charge in [0.25, 0.3) is 0 Å². The van der Waals surface area contributed by atoms with E-state index in [1.807, 2.05) is 0 Å². The number of rotatable bonds is 4. The smallest absolute Gasteiger partial charge is 0.194 e. The summed E-state index contributed by atoms with van der Waals surface area (Å²) in [7, 11) is 1.38. The van der Waals surface area contributed by atoms with Gasteiger partial charge in [0.05, 0.1) is 5.56 Å². The topological polar surface area (TPSA) is 26.3 Å². The van der Waals surface area contributed by atoms with E-state index in [9.17, 15) is 13.6 Å². The Balaban J connectivity index is 3.00. The maximum atomic E-state index is 13.2. The van der Waals surface area contributed by atoms with Crippen LogP contribution in [0.15, 0.2) is 18.2 Å². The Morgan fingerprint density at radius 2 is 2.13 bits per heavy atom. The molecule has 82 valence electrons. The first-order chi connectivity index (χ1) is 7.10. The number of hydrogen-bond acceptors (Lipinski definition) is 2. The Morgan fingerprint density at radius 3 is 2.60 bits per heavy atom. The summed E-state index contributed by atoms with van der Waals surface area (Å²) in [5.41, 5.74) is -0.134. The van der Waals surface area contributed by atoms with Crippen LogP contribution in [0.25, 0.3) is 0 Å². The van der Waals surface area contributed by atoms with Gasteiger partial charge in [0.1, 0.15) is 17.7 Å². The van der Waals surface area contributed by atoms with Crippen molar-refractivity contribution in [3.8, 4) is 0 Å². The first-order valence-electron chi connectivity index (χ1n) is 4.62. The molecule has 0 saturated heterocycles. The summed E-state index contributed by atoms with van der Waals surface area (Å²) in [5, 5.41) is 0. The van der Waals surface area contributed by atoms with Gasteiger partial charge >= 0.3 is 0 Å². The Morgan fingerprint density at radius 1 is 1.47 bits per heavy atom. The highest BCUT2D eigenvalue weighted by atomic mass is 19.1. The lowest BCUT2D eigenvalue weighted by Gasteiger charge is -2.11. The molecule has 0 spiro atoms. The van der Waals surface area contributed by atoms with Crippen molar-refractivity contribution in [2.45, 2.75) is 19.4 Å². The van der Waals surface area contributed by atoms with Crippen LogP contribution in [0.2, 0.25) is 0 Å². The SMILES string of the molecule is CCC(OC)C(=O)c1ccc(F)cc1F. The van der Waals surface area contributed by atoms with Gasteiger partial charge in [-0.2, -0.15) is 0 Å². The summed E-state index contributed by atoms with van der Waals surface area (Å²) in [6.07, 6.45) is -0.225. The molecule has 4 heteroatoms. The standard InChI is InChI=1S/C11H12F2O2/c1-3-10(15-2)11(14)8-5-4-7(12)6-9(8)13/h4-6,10H,3H2,1-2H3. The van der Waals surface area contributed by atoms with Gasteiger partial charge in [0.2, 0.25) is 0 Å². The number of carbonyl (C=O) groups excluding carboxylic acids is 1. The number of ketones is 1. The molecular weight excluding hydrogens is 202 g/mol. The number of benzene rings is 1. The van der Waals surface area contributed by atoms with Crippen molar-refractivity contribution < 1.29 is 18.3 Å². The average Bonchev–Trinajstić information content (AvgIpc) is 2.19.